The summed E-state index contributed by atoms with van der Waals surface area (Å²) in [5, 5.41) is 18.0. The van der Waals surface area contributed by atoms with Gasteiger partial charge in [0.25, 0.3) is 5.56 Å². The van der Waals surface area contributed by atoms with Gasteiger partial charge in [-0.2, -0.15) is 10.4 Å². The van der Waals surface area contributed by atoms with Crippen LogP contribution >= 0.6 is 0 Å². The van der Waals surface area contributed by atoms with Gasteiger partial charge in [0.15, 0.2) is 5.82 Å². The van der Waals surface area contributed by atoms with Crippen LogP contribution in [0.25, 0.3) is 10.9 Å². The first-order valence-electron chi connectivity index (χ1n) is 12.2. The summed E-state index contributed by atoms with van der Waals surface area (Å²) < 4.78 is 27.7. The molecule has 1 saturated heterocycles. The van der Waals surface area contributed by atoms with E-state index in [0.717, 1.165) is 4.31 Å². The smallest absolute Gasteiger partial charge is 0.261 e. The van der Waals surface area contributed by atoms with Crippen molar-refractivity contribution in [3.8, 4) is 6.07 Å². The van der Waals surface area contributed by atoms with E-state index in [0.29, 0.717) is 54.9 Å². The Balaban J connectivity index is 1.70. The first-order valence-corrected chi connectivity index (χ1v) is 13.6. The molecule has 3 aromatic rings. The lowest BCUT2D eigenvalue weighted by Gasteiger charge is -2.41. The number of nitrogens with one attached hydrogen (secondary N) is 2. The number of H-pyrrole nitrogens is 1. The summed E-state index contributed by atoms with van der Waals surface area (Å²) in [6.45, 7) is 1.26. The fourth-order valence-electron chi connectivity index (χ4n) is 4.74. The van der Waals surface area contributed by atoms with Gasteiger partial charge >= 0.3 is 0 Å². The van der Waals surface area contributed by atoms with Gasteiger partial charge in [-0.15, -0.1) is 0 Å². The number of sulfonamides is 1. The lowest BCUT2D eigenvalue weighted by atomic mass is 9.84. The number of fused-ring (bicyclic) bond motifs is 1. The molecule has 1 aromatic carbocycles. The molecule has 0 atom stereocenters. The predicted molar refractivity (Wildman–Crippen MR) is 144 cm³/mol. The Bertz CT molecular complexity index is 1530. The molecule has 3 heterocycles. The van der Waals surface area contributed by atoms with Gasteiger partial charge in [-0.3, -0.25) is 14.3 Å². The third-order valence-electron chi connectivity index (χ3n) is 6.86. The van der Waals surface area contributed by atoms with Crippen molar-refractivity contribution < 1.29 is 13.2 Å². The summed E-state index contributed by atoms with van der Waals surface area (Å²) in [5.74, 6) is 0.331. The normalized spacial score (nSPS) is 15.7. The van der Waals surface area contributed by atoms with E-state index < -0.39 is 15.6 Å². The number of hydrogen-bond acceptors (Lipinski definition) is 8. The minimum absolute atomic E-state index is 0.0319. The molecule has 1 aliphatic rings. The Morgan fingerprint density at radius 2 is 1.82 bits per heavy atom. The van der Waals surface area contributed by atoms with Crippen molar-refractivity contribution in [3.05, 3.63) is 46.9 Å². The van der Waals surface area contributed by atoms with Gasteiger partial charge in [-0.05, 0) is 57.3 Å². The second-order valence-electron chi connectivity index (χ2n) is 9.94. The third-order valence-corrected chi connectivity index (χ3v) is 8.68. The predicted octanol–water partition coefficient (Wildman–Crippen LogP) is 1.51. The molecule has 0 saturated carbocycles. The number of rotatable bonds is 8. The zero-order valence-electron chi connectivity index (χ0n) is 21.9. The van der Waals surface area contributed by atoms with Gasteiger partial charge < -0.3 is 20.1 Å². The van der Waals surface area contributed by atoms with Gasteiger partial charge in [0.1, 0.15) is 5.39 Å². The van der Waals surface area contributed by atoms with E-state index in [1.807, 2.05) is 19.0 Å². The van der Waals surface area contributed by atoms with Crippen LogP contribution < -0.4 is 10.9 Å². The molecule has 1 fully saturated rings. The molecule has 0 radical (unpaired) electrons. The standard InChI is InChI=1S/C25H32N8O4S/c1-30(2)17-21(34)32-15-11-25(10-13-26,12-16-32)33-20-9-14-27-24(35)22(20)23(29-33)28-18-5-7-19(8-6-18)38(36,37)31(3)4/h5-9,14H,10-12,15-17H2,1-4H3,(H,27,35)(H,28,29). The molecule has 0 spiro atoms. The van der Waals surface area contributed by atoms with Crippen LogP contribution in [0.2, 0.25) is 0 Å². The maximum atomic E-state index is 12.9. The molecule has 1 amide bonds. The maximum absolute atomic E-state index is 12.9. The molecule has 1 aliphatic heterocycles. The highest BCUT2D eigenvalue weighted by atomic mass is 32.2. The molecule has 4 rings (SSSR count). The number of likely N-dealkylation sites (N-methyl/N-ethyl adjacent to an activating group) is 1. The van der Waals surface area contributed by atoms with E-state index in [1.54, 1.807) is 34.0 Å². The summed E-state index contributed by atoms with van der Waals surface area (Å²) in [4.78, 5) is 32.0. The molecular weight excluding hydrogens is 508 g/mol. The number of nitrogens with zero attached hydrogens (tertiary/aromatic N) is 6. The highest BCUT2D eigenvalue weighted by Crippen LogP contribution is 2.37. The number of nitriles is 1. The molecule has 0 aliphatic carbocycles. The molecule has 0 bridgehead atoms. The number of carbonyl (C=O) groups excluding carboxylic acids is 1. The van der Waals surface area contributed by atoms with E-state index in [2.05, 4.69) is 16.4 Å². The lowest BCUT2D eigenvalue weighted by Crippen LogP contribution is -2.50. The average Bonchev–Trinajstić information content (AvgIpc) is 3.24. The Morgan fingerprint density at radius 1 is 1.16 bits per heavy atom. The molecule has 2 aromatic heterocycles. The van der Waals surface area contributed by atoms with Crippen molar-refractivity contribution in [2.45, 2.75) is 29.7 Å². The number of piperidine rings is 1. The Morgan fingerprint density at radius 3 is 2.39 bits per heavy atom. The van der Waals surface area contributed by atoms with Gasteiger partial charge in [0.05, 0.1) is 35.0 Å². The van der Waals surface area contributed by atoms with E-state index in [9.17, 15) is 23.3 Å². The Labute approximate surface area is 221 Å². The molecule has 2 N–H and O–H groups in total. The van der Waals surface area contributed by atoms with Crippen molar-refractivity contribution in [1.29, 1.82) is 5.26 Å². The highest BCUT2D eigenvalue weighted by Gasteiger charge is 2.40. The summed E-state index contributed by atoms with van der Waals surface area (Å²) in [6.07, 6.45) is 2.74. The van der Waals surface area contributed by atoms with Crippen molar-refractivity contribution in [2.24, 2.45) is 0 Å². The number of aromatic amines is 1. The number of aromatic nitrogens is 3. The fourth-order valence-corrected chi connectivity index (χ4v) is 5.64. The maximum Gasteiger partial charge on any atom is 0.261 e. The number of pyridine rings is 1. The van der Waals surface area contributed by atoms with Crippen molar-refractivity contribution in [2.75, 3.05) is 53.1 Å². The third kappa shape index (κ3) is 5.15. The van der Waals surface area contributed by atoms with Crippen LogP contribution in [0.5, 0.6) is 0 Å². The van der Waals surface area contributed by atoms with Crippen LogP contribution in [-0.2, 0) is 20.4 Å². The first kappa shape index (κ1) is 27.3. The van der Waals surface area contributed by atoms with Gasteiger partial charge in [0, 0.05) is 39.1 Å². The largest absolute Gasteiger partial charge is 0.341 e. The van der Waals surface area contributed by atoms with Crippen LogP contribution in [0.3, 0.4) is 0 Å². The Kier molecular flexibility index (Phi) is 7.59. The van der Waals surface area contributed by atoms with Crippen LogP contribution in [0.15, 0.2) is 46.2 Å². The first-order chi connectivity index (χ1) is 18.0. The monoisotopic (exact) mass is 540 g/mol. The molecule has 202 valence electrons. The summed E-state index contributed by atoms with van der Waals surface area (Å²) >= 11 is 0. The second kappa shape index (κ2) is 10.6. The summed E-state index contributed by atoms with van der Waals surface area (Å²) in [6, 6.07) is 10.2. The summed E-state index contributed by atoms with van der Waals surface area (Å²) in [7, 11) is 3.04. The average molecular weight is 541 g/mol. The number of carbonyl (C=O) groups is 1. The van der Waals surface area contributed by atoms with Crippen molar-refractivity contribution in [3.63, 3.8) is 0 Å². The quantitative estimate of drug-likeness (QED) is 0.437. The zero-order valence-corrected chi connectivity index (χ0v) is 22.7. The number of likely N-dealkylation sites (tertiary alicyclic amines) is 1. The minimum atomic E-state index is -3.58. The van der Waals surface area contributed by atoms with Crippen LogP contribution in [0.1, 0.15) is 19.3 Å². The van der Waals surface area contributed by atoms with E-state index >= 15 is 0 Å². The number of anilines is 2. The number of benzene rings is 1. The molecule has 0 unspecified atom stereocenters. The topological polar surface area (TPSA) is 147 Å². The van der Waals surface area contributed by atoms with E-state index in [-0.39, 0.29) is 22.8 Å². The van der Waals surface area contributed by atoms with Crippen LogP contribution in [-0.4, -0.2) is 91.0 Å². The SMILES string of the molecule is CN(C)CC(=O)N1CCC(CC#N)(n2nc(Nc3ccc(S(=O)(=O)N(C)C)cc3)c3c(=O)[nH]ccc32)CC1. The molecule has 13 heteroatoms. The lowest BCUT2D eigenvalue weighted by molar-refractivity contribution is -0.134. The van der Waals surface area contributed by atoms with Crippen molar-refractivity contribution >= 4 is 38.3 Å². The highest BCUT2D eigenvalue weighted by molar-refractivity contribution is 7.89. The molecule has 38 heavy (non-hydrogen) atoms. The van der Waals surface area contributed by atoms with Gasteiger partial charge in [-0.1, -0.05) is 0 Å². The minimum Gasteiger partial charge on any atom is -0.341 e. The second-order valence-corrected chi connectivity index (χ2v) is 12.1. The zero-order chi connectivity index (χ0) is 27.7. The van der Waals surface area contributed by atoms with Gasteiger partial charge in [0.2, 0.25) is 15.9 Å². The molecular formula is C25H32N8O4S. The number of amides is 1. The van der Waals surface area contributed by atoms with E-state index in [4.69, 9.17) is 5.10 Å². The summed E-state index contributed by atoms with van der Waals surface area (Å²) in [5.41, 5.74) is 0.0929. The van der Waals surface area contributed by atoms with Crippen LogP contribution in [0, 0.1) is 11.3 Å². The Hall–Kier alpha value is -3.73. The van der Waals surface area contributed by atoms with Gasteiger partial charge in [-0.25, -0.2) is 12.7 Å². The van der Waals surface area contributed by atoms with Crippen molar-refractivity contribution in [1.82, 2.24) is 28.9 Å². The number of hydrogen-bond donors (Lipinski definition) is 2. The molecule has 12 nitrogen and oxygen atoms in total. The fraction of sp³-hybridized carbons (Fsp3) is 0.440. The van der Waals surface area contributed by atoms with Crippen LogP contribution in [0.4, 0.5) is 11.5 Å². The van der Waals surface area contributed by atoms with E-state index in [1.165, 1.54) is 26.2 Å².